The fourth-order valence-electron chi connectivity index (χ4n) is 3.30. The fourth-order valence-corrected chi connectivity index (χ4v) is 3.63. The minimum Gasteiger partial charge on any atom is -0.366 e. The van der Waals surface area contributed by atoms with Crippen LogP contribution in [0.5, 0.6) is 0 Å². The van der Waals surface area contributed by atoms with E-state index in [1.54, 1.807) is 6.07 Å². The molecule has 5 heteroatoms. The van der Waals surface area contributed by atoms with Crippen LogP contribution in [0.3, 0.4) is 0 Å². The van der Waals surface area contributed by atoms with Gasteiger partial charge in [0.2, 0.25) is 0 Å². The number of hydrogen-bond donors (Lipinski definition) is 1. The third-order valence-electron chi connectivity index (χ3n) is 4.27. The second kappa shape index (κ2) is 5.02. The zero-order chi connectivity index (χ0) is 13.5. The van der Waals surface area contributed by atoms with Gasteiger partial charge in [0.15, 0.2) is 0 Å². The number of nitrogens with zero attached hydrogens (tertiary/aromatic N) is 1. The lowest BCUT2D eigenvalue weighted by atomic mass is 9.94. The minimum atomic E-state index is -0.549. The van der Waals surface area contributed by atoms with E-state index in [0.717, 1.165) is 38.5 Å². The molecule has 0 aromatic heterocycles. The van der Waals surface area contributed by atoms with Crippen molar-refractivity contribution >= 4 is 21.6 Å². The summed E-state index contributed by atoms with van der Waals surface area (Å²) in [7, 11) is 0. The SMILES string of the molecule is Fc1cc(F)c(N2CCNC3(CCCC3)C2)cc1Br. The number of halogens is 3. The molecule has 1 heterocycles. The van der Waals surface area contributed by atoms with Crippen LogP contribution >= 0.6 is 15.9 Å². The molecule has 2 fully saturated rings. The van der Waals surface area contributed by atoms with Crippen LogP contribution in [-0.4, -0.2) is 25.2 Å². The van der Waals surface area contributed by atoms with Crippen molar-refractivity contribution in [1.29, 1.82) is 0 Å². The Morgan fingerprint density at radius 1 is 1.16 bits per heavy atom. The van der Waals surface area contributed by atoms with Crippen molar-refractivity contribution in [1.82, 2.24) is 5.32 Å². The Morgan fingerprint density at radius 2 is 1.89 bits per heavy atom. The van der Waals surface area contributed by atoms with E-state index in [4.69, 9.17) is 0 Å². The minimum absolute atomic E-state index is 0.131. The van der Waals surface area contributed by atoms with Crippen LogP contribution in [0.4, 0.5) is 14.5 Å². The third-order valence-corrected chi connectivity index (χ3v) is 4.87. The first kappa shape index (κ1) is 13.3. The van der Waals surface area contributed by atoms with Gasteiger partial charge in [-0.15, -0.1) is 0 Å². The topological polar surface area (TPSA) is 15.3 Å². The summed E-state index contributed by atoms with van der Waals surface area (Å²) in [5.74, 6) is -1.03. The molecule has 19 heavy (non-hydrogen) atoms. The first-order valence-corrected chi connectivity index (χ1v) is 7.53. The number of anilines is 1. The maximum Gasteiger partial charge on any atom is 0.149 e. The van der Waals surface area contributed by atoms with E-state index in [9.17, 15) is 8.78 Å². The van der Waals surface area contributed by atoms with Crippen LogP contribution < -0.4 is 10.2 Å². The Kier molecular flexibility index (Phi) is 3.52. The second-order valence-electron chi connectivity index (χ2n) is 5.55. The monoisotopic (exact) mass is 330 g/mol. The number of rotatable bonds is 1. The van der Waals surface area contributed by atoms with Crippen molar-refractivity contribution in [3.8, 4) is 0 Å². The first-order valence-electron chi connectivity index (χ1n) is 6.74. The number of nitrogens with one attached hydrogen (secondary N) is 1. The quantitative estimate of drug-likeness (QED) is 0.793. The van der Waals surface area contributed by atoms with E-state index in [1.807, 2.05) is 4.90 Å². The smallest absolute Gasteiger partial charge is 0.149 e. The molecule has 1 N–H and O–H groups in total. The molecule has 1 saturated carbocycles. The van der Waals surface area contributed by atoms with Crippen LogP contribution in [0.25, 0.3) is 0 Å². The first-order chi connectivity index (χ1) is 9.10. The summed E-state index contributed by atoms with van der Waals surface area (Å²) in [4.78, 5) is 2.04. The lowest BCUT2D eigenvalue weighted by Gasteiger charge is -2.42. The van der Waals surface area contributed by atoms with Gasteiger partial charge in [-0.1, -0.05) is 12.8 Å². The predicted molar refractivity (Wildman–Crippen MR) is 75.5 cm³/mol. The maximum absolute atomic E-state index is 14.0. The van der Waals surface area contributed by atoms with Crippen LogP contribution in [0, 0.1) is 11.6 Å². The molecular weight excluding hydrogens is 314 g/mol. The zero-order valence-electron chi connectivity index (χ0n) is 10.7. The molecule has 1 aromatic carbocycles. The molecule has 0 unspecified atom stereocenters. The highest BCUT2D eigenvalue weighted by atomic mass is 79.9. The Balaban J connectivity index is 1.87. The van der Waals surface area contributed by atoms with Gasteiger partial charge >= 0.3 is 0 Å². The summed E-state index contributed by atoms with van der Waals surface area (Å²) in [6, 6.07) is 2.52. The van der Waals surface area contributed by atoms with Gasteiger partial charge in [0.05, 0.1) is 10.2 Å². The van der Waals surface area contributed by atoms with Gasteiger partial charge in [-0.3, -0.25) is 0 Å². The summed E-state index contributed by atoms with van der Waals surface area (Å²) < 4.78 is 27.6. The van der Waals surface area contributed by atoms with Crippen molar-refractivity contribution in [2.75, 3.05) is 24.5 Å². The van der Waals surface area contributed by atoms with E-state index in [1.165, 1.54) is 12.8 Å². The molecule has 1 aliphatic carbocycles. The summed E-state index contributed by atoms with van der Waals surface area (Å²) in [5.41, 5.74) is 0.631. The Bertz CT molecular complexity index is 487. The largest absolute Gasteiger partial charge is 0.366 e. The average molecular weight is 331 g/mol. The number of benzene rings is 1. The molecule has 0 amide bonds. The molecule has 1 aliphatic heterocycles. The highest BCUT2D eigenvalue weighted by Gasteiger charge is 2.38. The van der Waals surface area contributed by atoms with E-state index in [0.29, 0.717) is 10.2 Å². The number of hydrogen-bond acceptors (Lipinski definition) is 2. The molecule has 0 bridgehead atoms. The van der Waals surface area contributed by atoms with Gasteiger partial charge in [0, 0.05) is 31.2 Å². The summed E-state index contributed by atoms with van der Waals surface area (Å²) in [6.07, 6.45) is 4.76. The molecule has 1 saturated heterocycles. The summed E-state index contributed by atoms with van der Waals surface area (Å²) in [6.45, 7) is 2.42. The molecular formula is C14H17BrF2N2. The van der Waals surface area contributed by atoms with Crippen molar-refractivity contribution < 1.29 is 8.78 Å². The molecule has 2 aliphatic rings. The molecule has 0 radical (unpaired) electrons. The van der Waals surface area contributed by atoms with Gasteiger partial charge in [0.25, 0.3) is 0 Å². The fraction of sp³-hybridized carbons (Fsp3) is 0.571. The predicted octanol–water partition coefficient (Wildman–Crippen LogP) is 3.45. The number of piperazine rings is 1. The van der Waals surface area contributed by atoms with E-state index < -0.39 is 11.6 Å². The van der Waals surface area contributed by atoms with Crippen LogP contribution in [0.15, 0.2) is 16.6 Å². The van der Waals surface area contributed by atoms with Gasteiger partial charge < -0.3 is 10.2 Å². The summed E-state index contributed by atoms with van der Waals surface area (Å²) >= 11 is 3.14. The van der Waals surface area contributed by atoms with Gasteiger partial charge in [-0.05, 0) is 34.8 Å². The van der Waals surface area contributed by atoms with Gasteiger partial charge in [-0.2, -0.15) is 0 Å². The van der Waals surface area contributed by atoms with Crippen molar-refractivity contribution in [3.63, 3.8) is 0 Å². The standard InChI is InChI=1S/C14H17BrF2N2/c15-10-7-13(12(17)8-11(10)16)19-6-5-18-14(9-19)3-1-2-4-14/h7-8,18H,1-6,9H2. The van der Waals surface area contributed by atoms with Gasteiger partial charge in [-0.25, -0.2) is 8.78 Å². The van der Waals surface area contributed by atoms with Crippen molar-refractivity contribution in [3.05, 3.63) is 28.2 Å². The molecule has 1 spiro atoms. The summed E-state index contributed by atoms with van der Waals surface area (Å²) in [5, 5.41) is 3.59. The highest BCUT2D eigenvalue weighted by Crippen LogP contribution is 2.35. The molecule has 0 atom stereocenters. The van der Waals surface area contributed by atoms with E-state index >= 15 is 0 Å². The van der Waals surface area contributed by atoms with Crippen LogP contribution in [-0.2, 0) is 0 Å². The highest BCUT2D eigenvalue weighted by molar-refractivity contribution is 9.10. The molecule has 1 aromatic rings. The van der Waals surface area contributed by atoms with Crippen LogP contribution in [0.2, 0.25) is 0 Å². The lowest BCUT2D eigenvalue weighted by molar-refractivity contribution is 0.302. The van der Waals surface area contributed by atoms with Crippen molar-refractivity contribution in [2.24, 2.45) is 0 Å². The van der Waals surface area contributed by atoms with E-state index in [-0.39, 0.29) is 5.54 Å². The normalized spacial score (nSPS) is 22.2. The lowest BCUT2D eigenvalue weighted by Crippen LogP contribution is -2.59. The molecule has 2 nitrogen and oxygen atoms in total. The van der Waals surface area contributed by atoms with Gasteiger partial charge in [0.1, 0.15) is 11.6 Å². The average Bonchev–Trinajstić information content (AvgIpc) is 2.82. The Labute approximate surface area is 120 Å². The van der Waals surface area contributed by atoms with E-state index in [2.05, 4.69) is 21.2 Å². The second-order valence-corrected chi connectivity index (χ2v) is 6.41. The molecule has 104 valence electrons. The van der Waals surface area contributed by atoms with Crippen molar-refractivity contribution in [2.45, 2.75) is 31.2 Å². The molecule has 3 rings (SSSR count). The van der Waals surface area contributed by atoms with Crippen LogP contribution in [0.1, 0.15) is 25.7 Å². The zero-order valence-corrected chi connectivity index (χ0v) is 12.3. The maximum atomic E-state index is 14.0. The Morgan fingerprint density at radius 3 is 2.63 bits per heavy atom. The third kappa shape index (κ3) is 2.50. The Hall–Kier alpha value is -0.680.